The number of cyclic esters (lactones) is 1. The van der Waals surface area contributed by atoms with E-state index in [1.165, 1.54) is 6.92 Å². The molecule has 0 aromatic carbocycles. The molecule has 0 radical (unpaired) electrons. The third-order valence-corrected chi connectivity index (χ3v) is 2.71. The van der Waals surface area contributed by atoms with E-state index in [4.69, 9.17) is 9.47 Å². The van der Waals surface area contributed by atoms with Gasteiger partial charge in [0.25, 0.3) is 6.29 Å². The van der Waals surface area contributed by atoms with Crippen molar-refractivity contribution in [3.63, 3.8) is 0 Å². The molecule has 0 amide bonds. The SMILES string of the molecule is CC(=O)[C@@H]1C(=O)O[C@@H](OC(=O)C(C)(C)C)[C@H]1C. The fourth-order valence-electron chi connectivity index (χ4n) is 1.62. The van der Waals surface area contributed by atoms with Gasteiger partial charge in [0, 0.05) is 0 Å². The molecule has 0 aromatic rings. The second kappa shape index (κ2) is 4.47. The van der Waals surface area contributed by atoms with Gasteiger partial charge in [0.2, 0.25) is 0 Å². The van der Waals surface area contributed by atoms with E-state index in [0.29, 0.717) is 0 Å². The quantitative estimate of drug-likeness (QED) is 0.539. The normalized spacial score (nSPS) is 28.8. The zero-order valence-corrected chi connectivity index (χ0v) is 10.8. The number of ether oxygens (including phenoxy) is 2. The highest BCUT2D eigenvalue weighted by Crippen LogP contribution is 2.31. The topological polar surface area (TPSA) is 69.7 Å². The van der Waals surface area contributed by atoms with E-state index in [2.05, 4.69) is 0 Å². The fourth-order valence-corrected chi connectivity index (χ4v) is 1.62. The molecule has 5 nitrogen and oxygen atoms in total. The maximum atomic E-state index is 11.7. The summed E-state index contributed by atoms with van der Waals surface area (Å²) in [5.41, 5.74) is -0.666. The first kappa shape index (κ1) is 13.7. The molecule has 0 N–H and O–H groups in total. The monoisotopic (exact) mass is 242 g/mol. The van der Waals surface area contributed by atoms with Crippen LogP contribution in [0.25, 0.3) is 0 Å². The highest BCUT2D eigenvalue weighted by atomic mass is 16.7. The Bertz CT molecular complexity index is 352. The summed E-state index contributed by atoms with van der Waals surface area (Å²) in [6, 6.07) is 0. The molecule has 5 heteroatoms. The number of hydrogen-bond donors (Lipinski definition) is 0. The van der Waals surface area contributed by atoms with Crippen LogP contribution in [0.5, 0.6) is 0 Å². The van der Waals surface area contributed by atoms with Crippen LogP contribution in [0, 0.1) is 17.3 Å². The van der Waals surface area contributed by atoms with Crippen molar-refractivity contribution in [1.82, 2.24) is 0 Å². The summed E-state index contributed by atoms with van der Waals surface area (Å²) in [6.45, 7) is 8.12. The molecule has 3 atom stereocenters. The summed E-state index contributed by atoms with van der Waals surface area (Å²) >= 11 is 0. The summed E-state index contributed by atoms with van der Waals surface area (Å²) in [4.78, 5) is 34.3. The Labute approximate surface area is 100 Å². The van der Waals surface area contributed by atoms with E-state index in [-0.39, 0.29) is 5.78 Å². The molecule has 0 unspecified atom stereocenters. The Morgan fingerprint density at radius 3 is 2.18 bits per heavy atom. The minimum Gasteiger partial charge on any atom is -0.424 e. The van der Waals surface area contributed by atoms with Crippen LogP contribution in [-0.4, -0.2) is 24.0 Å². The van der Waals surface area contributed by atoms with Gasteiger partial charge >= 0.3 is 11.9 Å². The molecule has 0 aliphatic carbocycles. The molecule has 0 bridgehead atoms. The second-order valence-electron chi connectivity index (χ2n) is 5.41. The first-order valence-corrected chi connectivity index (χ1v) is 5.56. The minimum absolute atomic E-state index is 0.267. The van der Waals surface area contributed by atoms with Crippen molar-refractivity contribution in [2.75, 3.05) is 0 Å². The van der Waals surface area contributed by atoms with Gasteiger partial charge in [-0.05, 0) is 27.7 Å². The molecule has 1 aliphatic rings. The van der Waals surface area contributed by atoms with E-state index >= 15 is 0 Å². The Balaban J connectivity index is 2.74. The molecule has 1 aliphatic heterocycles. The number of hydrogen-bond acceptors (Lipinski definition) is 5. The van der Waals surface area contributed by atoms with Gasteiger partial charge in [-0.3, -0.25) is 14.4 Å². The van der Waals surface area contributed by atoms with Crippen molar-refractivity contribution in [2.45, 2.75) is 40.9 Å². The average molecular weight is 242 g/mol. The zero-order chi connectivity index (χ0) is 13.4. The molecule has 0 spiro atoms. The predicted molar refractivity (Wildman–Crippen MR) is 58.8 cm³/mol. The Kier molecular flexibility index (Phi) is 3.59. The van der Waals surface area contributed by atoms with Gasteiger partial charge in [0.05, 0.1) is 11.3 Å². The van der Waals surface area contributed by atoms with E-state index in [0.717, 1.165) is 0 Å². The third-order valence-electron chi connectivity index (χ3n) is 2.71. The van der Waals surface area contributed by atoms with Crippen LogP contribution < -0.4 is 0 Å². The molecule has 0 aromatic heterocycles. The lowest BCUT2D eigenvalue weighted by molar-refractivity contribution is -0.188. The van der Waals surface area contributed by atoms with Crippen LogP contribution in [0.1, 0.15) is 34.6 Å². The molecular formula is C12H18O5. The predicted octanol–water partition coefficient (Wildman–Crippen LogP) is 1.30. The first-order chi connectivity index (χ1) is 7.64. The average Bonchev–Trinajstić information content (AvgIpc) is 2.40. The largest absolute Gasteiger partial charge is 0.424 e. The first-order valence-electron chi connectivity index (χ1n) is 5.56. The van der Waals surface area contributed by atoms with Crippen LogP contribution in [0.2, 0.25) is 0 Å². The van der Waals surface area contributed by atoms with E-state index in [9.17, 15) is 14.4 Å². The van der Waals surface area contributed by atoms with E-state index in [1.54, 1.807) is 27.7 Å². The third kappa shape index (κ3) is 2.84. The van der Waals surface area contributed by atoms with Crippen molar-refractivity contribution >= 4 is 17.7 Å². The number of carbonyl (C=O) groups excluding carboxylic acids is 3. The van der Waals surface area contributed by atoms with Crippen LogP contribution in [-0.2, 0) is 23.9 Å². The number of carbonyl (C=O) groups is 3. The number of rotatable bonds is 2. The van der Waals surface area contributed by atoms with Crippen molar-refractivity contribution in [3.05, 3.63) is 0 Å². The molecule has 17 heavy (non-hydrogen) atoms. The molecule has 1 saturated heterocycles. The smallest absolute Gasteiger partial charge is 0.320 e. The molecular weight excluding hydrogens is 224 g/mol. The van der Waals surface area contributed by atoms with Crippen molar-refractivity contribution in [3.8, 4) is 0 Å². The lowest BCUT2D eigenvalue weighted by Crippen LogP contribution is -2.31. The fraction of sp³-hybridized carbons (Fsp3) is 0.750. The maximum Gasteiger partial charge on any atom is 0.320 e. The zero-order valence-electron chi connectivity index (χ0n) is 10.8. The standard InChI is InChI=1S/C12H18O5/c1-6-8(7(2)13)9(14)16-10(6)17-11(15)12(3,4)5/h6,8,10H,1-5H3/t6-,8+,10-/m0/s1. The number of esters is 2. The molecule has 96 valence electrons. The lowest BCUT2D eigenvalue weighted by atomic mass is 9.92. The summed E-state index contributed by atoms with van der Waals surface area (Å²) in [6.07, 6.45) is -0.955. The second-order valence-corrected chi connectivity index (χ2v) is 5.41. The summed E-state index contributed by atoms with van der Waals surface area (Å²) in [5, 5.41) is 0. The molecule has 1 fully saturated rings. The van der Waals surface area contributed by atoms with Crippen LogP contribution in [0.3, 0.4) is 0 Å². The Morgan fingerprint density at radius 1 is 1.29 bits per heavy atom. The maximum absolute atomic E-state index is 11.7. The summed E-state index contributed by atoms with van der Waals surface area (Å²) in [7, 11) is 0. The molecule has 0 saturated carbocycles. The van der Waals surface area contributed by atoms with Crippen molar-refractivity contribution in [2.24, 2.45) is 17.3 Å². The lowest BCUT2D eigenvalue weighted by Gasteiger charge is -2.21. The van der Waals surface area contributed by atoms with Crippen LogP contribution in [0.15, 0.2) is 0 Å². The number of Topliss-reactive ketones (excluding diaryl/α,β-unsaturated/α-hetero) is 1. The van der Waals surface area contributed by atoms with Gasteiger partial charge in [-0.15, -0.1) is 0 Å². The van der Waals surface area contributed by atoms with Crippen molar-refractivity contribution in [1.29, 1.82) is 0 Å². The summed E-state index contributed by atoms with van der Waals surface area (Å²) < 4.78 is 10.0. The molecule has 1 rings (SSSR count). The van der Waals surface area contributed by atoms with Gasteiger partial charge in [0.15, 0.2) is 0 Å². The highest BCUT2D eigenvalue weighted by molar-refractivity contribution is 5.99. The van der Waals surface area contributed by atoms with Gasteiger partial charge in [-0.25, -0.2) is 0 Å². The minimum atomic E-state index is -0.955. The van der Waals surface area contributed by atoms with Gasteiger partial charge in [-0.1, -0.05) is 6.92 Å². The van der Waals surface area contributed by atoms with Crippen LogP contribution in [0.4, 0.5) is 0 Å². The number of ketones is 1. The van der Waals surface area contributed by atoms with E-state index < -0.39 is 35.5 Å². The Hall–Kier alpha value is -1.39. The Morgan fingerprint density at radius 2 is 1.82 bits per heavy atom. The van der Waals surface area contributed by atoms with Crippen LogP contribution >= 0.6 is 0 Å². The highest BCUT2D eigenvalue weighted by Gasteiger charge is 2.47. The van der Waals surface area contributed by atoms with Crippen molar-refractivity contribution < 1.29 is 23.9 Å². The van der Waals surface area contributed by atoms with Gasteiger partial charge in [0.1, 0.15) is 11.7 Å². The molecule has 1 heterocycles. The van der Waals surface area contributed by atoms with E-state index in [1.807, 2.05) is 0 Å². The van der Waals surface area contributed by atoms with Gasteiger partial charge in [-0.2, -0.15) is 0 Å². The summed E-state index contributed by atoms with van der Waals surface area (Å²) in [5.74, 6) is -2.60. The van der Waals surface area contributed by atoms with Gasteiger partial charge < -0.3 is 9.47 Å².